The van der Waals surface area contributed by atoms with E-state index in [0.29, 0.717) is 19.3 Å². The molecular formula is C25H28N4O2. The zero-order chi connectivity index (χ0) is 21.0. The highest BCUT2D eigenvalue weighted by molar-refractivity contribution is 6.07. The zero-order valence-electron chi connectivity index (χ0n) is 17.8. The van der Waals surface area contributed by atoms with E-state index >= 15 is 0 Å². The minimum Gasteiger partial charge on any atom is -0.381 e. The summed E-state index contributed by atoms with van der Waals surface area (Å²) in [6.07, 6.45) is 5.69. The SMILES string of the molecule is CCOCc1cc(NC2CCOCC2)c2[nH]c(-c3ccccc3)c(-c3ncc[nH]3)c2c1. The van der Waals surface area contributed by atoms with Crippen LogP contribution in [-0.4, -0.2) is 40.8 Å². The molecule has 1 aliphatic heterocycles. The number of nitrogens with one attached hydrogen (secondary N) is 3. The van der Waals surface area contributed by atoms with Crippen molar-refractivity contribution < 1.29 is 9.47 Å². The second kappa shape index (κ2) is 8.96. The van der Waals surface area contributed by atoms with Gasteiger partial charge in [0.2, 0.25) is 0 Å². The molecule has 4 aromatic rings. The Morgan fingerprint density at radius 2 is 2.00 bits per heavy atom. The summed E-state index contributed by atoms with van der Waals surface area (Å²) < 4.78 is 11.3. The summed E-state index contributed by atoms with van der Waals surface area (Å²) in [6.45, 7) is 4.90. The van der Waals surface area contributed by atoms with E-state index < -0.39 is 0 Å². The van der Waals surface area contributed by atoms with Crippen molar-refractivity contribution in [2.45, 2.75) is 32.4 Å². The lowest BCUT2D eigenvalue weighted by molar-refractivity contribution is 0.0904. The number of nitrogens with zero attached hydrogens (tertiary/aromatic N) is 1. The molecule has 2 aromatic carbocycles. The zero-order valence-corrected chi connectivity index (χ0v) is 17.8. The third-order valence-electron chi connectivity index (χ3n) is 5.82. The van der Waals surface area contributed by atoms with Gasteiger partial charge in [0.1, 0.15) is 5.82 Å². The molecule has 0 radical (unpaired) electrons. The standard InChI is InChI=1S/C25H28N4O2/c1-2-30-16-17-14-20-22(25-26-10-11-27-25)23(18-6-4-3-5-7-18)29-24(20)21(15-17)28-19-8-12-31-13-9-19/h3-7,10-11,14-15,19,28-29H,2,8-9,12-13,16H2,1H3,(H,26,27). The number of anilines is 1. The summed E-state index contributed by atoms with van der Waals surface area (Å²) >= 11 is 0. The molecule has 160 valence electrons. The van der Waals surface area contributed by atoms with Crippen LogP contribution < -0.4 is 5.32 Å². The lowest BCUT2D eigenvalue weighted by Crippen LogP contribution is -2.28. The van der Waals surface area contributed by atoms with Gasteiger partial charge in [-0.3, -0.25) is 0 Å². The number of aromatic amines is 2. The number of aromatic nitrogens is 3. The molecule has 0 bridgehead atoms. The summed E-state index contributed by atoms with van der Waals surface area (Å²) in [6, 6.07) is 15.3. The van der Waals surface area contributed by atoms with Crippen molar-refractivity contribution in [3.05, 3.63) is 60.4 Å². The van der Waals surface area contributed by atoms with Crippen molar-refractivity contribution in [1.29, 1.82) is 0 Å². The lowest BCUT2D eigenvalue weighted by atomic mass is 10.0. The van der Waals surface area contributed by atoms with Gasteiger partial charge < -0.3 is 24.8 Å². The Balaban J connectivity index is 1.70. The van der Waals surface area contributed by atoms with Crippen LogP contribution >= 0.6 is 0 Å². The molecule has 0 saturated carbocycles. The molecule has 0 amide bonds. The van der Waals surface area contributed by atoms with Crippen LogP contribution in [0.5, 0.6) is 0 Å². The van der Waals surface area contributed by atoms with Crippen molar-refractivity contribution in [3.63, 3.8) is 0 Å². The van der Waals surface area contributed by atoms with Crippen LogP contribution in [0.25, 0.3) is 33.5 Å². The first-order valence-electron chi connectivity index (χ1n) is 11.0. The smallest absolute Gasteiger partial charge is 0.140 e. The van der Waals surface area contributed by atoms with Crippen LogP contribution in [-0.2, 0) is 16.1 Å². The van der Waals surface area contributed by atoms with E-state index in [2.05, 4.69) is 56.7 Å². The van der Waals surface area contributed by atoms with Crippen molar-refractivity contribution >= 4 is 16.6 Å². The highest BCUT2D eigenvalue weighted by Gasteiger charge is 2.21. The second-order valence-electron chi connectivity index (χ2n) is 7.91. The average molecular weight is 417 g/mol. The van der Waals surface area contributed by atoms with E-state index in [9.17, 15) is 0 Å². The number of ether oxygens (including phenoxy) is 2. The fourth-order valence-electron chi connectivity index (χ4n) is 4.30. The van der Waals surface area contributed by atoms with Gasteiger partial charge in [-0.05, 0) is 43.0 Å². The molecule has 31 heavy (non-hydrogen) atoms. The van der Waals surface area contributed by atoms with E-state index in [1.807, 2.05) is 19.2 Å². The first kappa shape index (κ1) is 19.8. The van der Waals surface area contributed by atoms with Crippen LogP contribution in [0.1, 0.15) is 25.3 Å². The van der Waals surface area contributed by atoms with Crippen LogP contribution in [0.3, 0.4) is 0 Å². The predicted octanol–water partition coefficient (Wildman–Crippen LogP) is 5.35. The van der Waals surface area contributed by atoms with Gasteiger partial charge in [0.25, 0.3) is 0 Å². The molecule has 0 atom stereocenters. The minimum atomic E-state index is 0.398. The van der Waals surface area contributed by atoms with Crippen molar-refractivity contribution in [2.75, 3.05) is 25.1 Å². The molecule has 1 fully saturated rings. The Labute approximate surface area is 182 Å². The fraction of sp³-hybridized carbons (Fsp3) is 0.320. The van der Waals surface area contributed by atoms with Gasteiger partial charge in [-0.25, -0.2) is 4.98 Å². The largest absolute Gasteiger partial charge is 0.381 e. The molecule has 1 aliphatic rings. The van der Waals surface area contributed by atoms with Gasteiger partial charge in [-0.15, -0.1) is 0 Å². The third-order valence-corrected chi connectivity index (χ3v) is 5.82. The highest BCUT2D eigenvalue weighted by atomic mass is 16.5. The number of imidazole rings is 1. The van der Waals surface area contributed by atoms with Crippen LogP contribution in [0.4, 0.5) is 5.69 Å². The van der Waals surface area contributed by atoms with Crippen molar-refractivity contribution in [2.24, 2.45) is 0 Å². The van der Waals surface area contributed by atoms with Gasteiger partial charge in [-0.2, -0.15) is 0 Å². The molecule has 0 aliphatic carbocycles. The van der Waals surface area contributed by atoms with Crippen LogP contribution in [0.2, 0.25) is 0 Å². The molecule has 3 N–H and O–H groups in total. The van der Waals surface area contributed by atoms with E-state index in [-0.39, 0.29) is 0 Å². The number of benzene rings is 2. The first-order valence-corrected chi connectivity index (χ1v) is 11.0. The van der Waals surface area contributed by atoms with Gasteiger partial charge in [0.05, 0.1) is 29.1 Å². The molecule has 2 aromatic heterocycles. The number of fused-ring (bicyclic) bond motifs is 1. The van der Waals surface area contributed by atoms with Crippen LogP contribution in [0.15, 0.2) is 54.9 Å². The van der Waals surface area contributed by atoms with E-state index in [0.717, 1.165) is 70.9 Å². The van der Waals surface area contributed by atoms with E-state index in [1.165, 1.54) is 0 Å². The summed E-state index contributed by atoms with van der Waals surface area (Å²) in [5, 5.41) is 4.92. The van der Waals surface area contributed by atoms with Gasteiger partial charge in [0.15, 0.2) is 0 Å². The highest BCUT2D eigenvalue weighted by Crippen LogP contribution is 2.40. The topological polar surface area (TPSA) is 75.0 Å². The Bertz CT molecular complexity index is 1130. The van der Waals surface area contributed by atoms with Gasteiger partial charge in [0, 0.05) is 43.6 Å². The Kier molecular flexibility index (Phi) is 5.74. The number of hydrogen-bond acceptors (Lipinski definition) is 4. The maximum atomic E-state index is 5.75. The first-order chi connectivity index (χ1) is 15.3. The number of rotatable bonds is 7. The molecule has 1 saturated heterocycles. The van der Waals surface area contributed by atoms with Crippen molar-refractivity contribution in [1.82, 2.24) is 15.0 Å². The summed E-state index contributed by atoms with van der Waals surface area (Å²) in [7, 11) is 0. The predicted molar refractivity (Wildman–Crippen MR) is 124 cm³/mol. The Hall–Kier alpha value is -3.09. The molecule has 0 unspecified atom stereocenters. The lowest BCUT2D eigenvalue weighted by Gasteiger charge is -2.24. The summed E-state index contributed by atoms with van der Waals surface area (Å²) in [5.41, 5.74) is 6.63. The molecule has 5 rings (SSSR count). The van der Waals surface area contributed by atoms with E-state index in [1.54, 1.807) is 6.20 Å². The monoisotopic (exact) mass is 416 g/mol. The third kappa shape index (κ3) is 4.09. The average Bonchev–Trinajstić information content (AvgIpc) is 3.47. The quantitative estimate of drug-likeness (QED) is 0.379. The molecule has 6 heteroatoms. The fourth-order valence-corrected chi connectivity index (χ4v) is 4.30. The molecule has 3 heterocycles. The second-order valence-corrected chi connectivity index (χ2v) is 7.91. The maximum absolute atomic E-state index is 5.75. The molecule has 6 nitrogen and oxygen atoms in total. The number of H-pyrrole nitrogens is 2. The molecular weight excluding hydrogens is 388 g/mol. The van der Waals surface area contributed by atoms with Crippen LogP contribution in [0, 0.1) is 0 Å². The van der Waals surface area contributed by atoms with Gasteiger partial charge >= 0.3 is 0 Å². The summed E-state index contributed by atoms with van der Waals surface area (Å²) in [5.74, 6) is 0.857. The van der Waals surface area contributed by atoms with Crippen molar-refractivity contribution in [3.8, 4) is 22.6 Å². The normalized spacial score (nSPS) is 14.9. The number of hydrogen-bond donors (Lipinski definition) is 3. The Morgan fingerprint density at radius 1 is 1.16 bits per heavy atom. The summed E-state index contributed by atoms with van der Waals surface area (Å²) in [4.78, 5) is 11.6. The van der Waals surface area contributed by atoms with Gasteiger partial charge in [-0.1, -0.05) is 30.3 Å². The molecule has 0 spiro atoms. The van der Waals surface area contributed by atoms with E-state index in [4.69, 9.17) is 9.47 Å². The maximum Gasteiger partial charge on any atom is 0.140 e. The Morgan fingerprint density at radius 3 is 2.74 bits per heavy atom. The minimum absolute atomic E-state index is 0.398.